The van der Waals surface area contributed by atoms with Crippen molar-refractivity contribution < 1.29 is 19.1 Å². The lowest BCUT2D eigenvalue weighted by molar-refractivity contribution is -0.115. The summed E-state index contributed by atoms with van der Waals surface area (Å²) in [6.07, 6.45) is 3.92. The van der Waals surface area contributed by atoms with Crippen LogP contribution in [0.3, 0.4) is 0 Å². The first kappa shape index (κ1) is 16.4. The van der Waals surface area contributed by atoms with Crippen molar-refractivity contribution in [3.8, 4) is 11.5 Å². The van der Waals surface area contributed by atoms with E-state index >= 15 is 0 Å². The number of nitrogens with one attached hydrogen (secondary N) is 3. The SMILES string of the molecule is O=C(CNC(=O)c1n[nH]c2c1CCCC2)Nc1ccc2c(c1)OCCO2. The number of benzene rings is 1. The van der Waals surface area contributed by atoms with Crippen molar-refractivity contribution in [1.29, 1.82) is 0 Å². The summed E-state index contributed by atoms with van der Waals surface area (Å²) < 4.78 is 10.9. The number of rotatable bonds is 4. The van der Waals surface area contributed by atoms with E-state index in [-0.39, 0.29) is 18.4 Å². The molecule has 0 bridgehead atoms. The van der Waals surface area contributed by atoms with Crippen molar-refractivity contribution >= 4 is 17.5 Å². The topological polar surface area (TPSA) is 105 Å². The molecule has 4 rings (SSSR count). The molecule has 2 aliphatic rings. The van der Waals surface area contributed by atoms with Crippen molar-refractivity contribution in [1.82, 2.24) is 15.5 Å². The van der Waals surface area contributed by atoms with Gasteiger partial charge in [-0.15, -0.1) is 0 Å². The van der Waals surface area contributed by atoms with Crippen LogP contribution in [0.2, 0.25) is 0 Å². The van der Waals surface area contributed by atoms with Gasteiger partial charge in [0.05, 0.1) is 6.54 Å². The summed E-state index contributed by atoms with van der Waals surface area (Å²) in [4.78, 5) is 24.4. The van der Waals surface area contributed by atoms with Crippen molar-refractivity contribution in [3.05, 3.63) is 35.2 Å². The Morgan fingerprint density at radius 3 is 2.81 bits per heavy atom. The minimum Gasteiger partial charge on any atom is -0.486 e. The summed E-state index contributed by atoms with van der Waals surface area (Å²) in [7, 11) is 0. The van der Waals surface area contributed by atoms with E-state index in [1.165, 1.54) is 0 Å². The molecule has 26 heavy (non-hydrogen) atoms. The molecule has 0 spiro atoms. The lowest BCUT2D eigenvalue weighted by atomic mass is 9.96. The van der Waals surface area contributed by atoms with E-state index in [1.807, 2.05) is 0 Å². The molecule has 1 aliphatic heterocycles. The lowest BCUT2D eigenvalue weighted by Gasteiger charge is -2.19. The van der Waals surface area contributed by atoms with Crippen LogP contribution < -0.4 is 20.1 Å². The van der Waals surface area contributed by atoms with Gasteiger partial charge >= 0.3 is 0 Å². The highest BCUT2D eigenvalue weighted by Gasteiger charge is 2.22. The Morgan fingerprint density at radius 1 is 1.12 bits per heavy atom. The highest BCUT2D eigenvalue weighted by Crippen LogP contribution is 2.32. The zero-order chi connectivity index (χ0) is 17.9. The number of H-pyrrole nitrogens is 1. The van der Waals surface area contributed by atoms with E-state index in [1.54, 1.807) is 18.2 Å². The van der Waals surface area contributed by atoms with Gasteiger partial charge in [0, 0.05) is 23.0 Å². The molecule has 1 aromatic carbocycles. The molecular weight excluding hydrogens is 336 g/mol. The molecule has 3 N–H and O–H groups in total. The van der Waals surface area contributed by atoms with Crippen molar-refractivity contribution in [2.45, 2.75) is 25.7 Å². The second-order valence-corrected chi connectivity index (χ2v) is 6.33. The molecule has 1 aliphatic carbocycles. The van der Waals surface area contributed by atoms with Gasteiger partial charge < -0.3 is 20.1 Å². The number of aryl methyl sites for hydroxylation is 1. The summed E-state index contributed by atoms with van der Waals surface area (Å²) in [5.74, 6) is 0.605. The second kappa shape index (κ2) is 7.07. The van der Waals surface area contributed by atoms with Crippen LogP contribution in [0.1, 0.15) is 34.6 Å². The maximum Gasteiger partial charge on any atom is 0.272 e. The first-order valence-electron chi connectivity index (χ1n) is 8.74. The first-order valence-corrected chi connectivity index (χ1v) is 8.74. The van der Waals surface area contributed by atoms with Crippen LogP contribution in [0.4, 0.5) is 5.69 Å². The third kappa shape index (κ3) is 3.35. The molecule has 2 heterocycles. The van der Waals surface area contributed by atoms with E-state index in [0.29, 0.717) is 36.1 Å². The van der Waals surface area contributed by atoms with Crippen LogP contribution in [0.5, 0.6) is 11.5 Å². The maximum atomic E-state index is 12.3. The Kier molecular flexibility index (Phi) is 4.47. The number of aromatic nitrogens is 2. The molecule has 136 valence electrons. The molecule has 0 unspecified atom stereocenters. The fourth-order valence-corrected chi connectivity index (χ4v) is 3.24. The molecule has 0 atom stereocenters. The Bertz CT molecular complexity index is 846. The zero-order valence-electron chi connectivity index (χ0n) is 14.3. The van der Waals surface area contributed by atoms with Gasteiger partial charge in [-0.2, -0.15) is 5.10 Å². The van der Waals surface area contributed by atoms with Crippen LogP contribution in [0.15, 0.2) is 18.2 Å². The molecule has 0 radical (unpaired) electrons. The predicted octanol–water partition coefficient (Wildman–Crippen LogP) is 1.43. The van der Waals surface area contributed by atoms with Crippen LogP contribution in [0.25, 0.3) is 0 Å². The number of nitrogens with zero attached hydrogens (tertiary/aromatic N) is 1. The number of anilines is 1. The minimum absolute atomic E-state index is 0.130. The highest BCUT2D eigenvalue weighted by molar-refractivity contribution is 5.99. The minimum atomic E-state index is -0.332. The predicted molar refractivity (Wildman–Crippen MR) is 93.6 cm³/mol. The summed E-state index contributed by atoms with van der Waals surface area (Å²) in [5, 5.41) is 12.4. The number of aromatic amines is 1. The molecule has 8 heteroatoms. The Hall–Kier alpha value is -3.03. The molecule has 2 aromatic rings. The van der Waals surface area contributed by atoms with E-state index in [9.17, 15) is 9.59 Å². The number of hydrogen-bond acceptors (Lipinski definition) is 5. The molecular formula is C18H20N4O4. The van der Waals surface area contributed by atoms with Crippen LogP contribution in [-0.2, 0) is 17.6 Å². The number of ether oxygens (including phenoxy) is 2. The third-order valence-corrected chi connectivity index (χ3v) is 4.51. The van der Waals surface area contributed by atoms with Crippen molar-refractivity contribution in [2.75, 3.05) is 25.1 Å². The summed E-state index contributed by atoms with van der Waals surface area (Å²) in [6, 6.07) is 5.19. The van der Waals surface area contributed by atoms with Crippen LogP contribution in [-0.4, -0.2) is 41.8 Å². The summed E-state index contributed by atoms with van der Waals surface area (Å²) in [5.41, 5.74) is 2.99. The zero-order valence-corrected chi connectivity index (χ0v) is 14.3. The second-order valence-electron chi connectivity index (χ2n) is 6.33. The molecule has 8 nitrogen and oxygen atoms in total. The van der Waals surface area contributed by atoms with Gasteiger partial charge in [0.1, 0.15) is 13.2 Å². The number of fused-ring (bicyclic) bond motifs is 2. The van der Waals surface area contributed by atoms with E-state index < -0.39 is 0 Å². The largest absolute Gasteiger partial charge is 0.486 e. The van der Waals surface area contributed by atoms with Gasteiger partial charge in [-0.25, -0.2) is 0 Å². The van der Waals surface area contributed by atoms with Gasteiger partial charge in [0.25, 0.3) is 5.91 Å². The summed E-state index contributed by atoms with van der Waals surface area (Å²) in [6.45, 7) is 0.866. The number of amides is 2. The summed E-state index contributed by atoms with van der Waals surface area (Å²) >= 11 is 0. The average Bonchev–Trinajstić information content (AvgIpc) is 3.10. The van der Waals surface area contributed by atoms with Gasteiger partial charge in [-0.1, -0.05) is 0 Å². The fraction of sp³-hybridized carbons (Fsp3) is 0.389. The quantitative estimate of drug-likeness (QED) is 0.768. The van der Waals surface area contributed by atoms with Crippen LogP contribution in [0, 0.1) is 0 Å². The standard InChI is InChI=1S/C18H20N4O4/c23-16(20-11-5-6-14-15(9-11)26-8-7-25-14)10-19-18(24)17-12-3-1-2-4-13(12)21-22-17/h5-6,9H,1-4,7-8,10H2,(H,19,24)(H,20,23)(H,21,22). The first-order chi connectivity index (χ1) is 12.7. The smallest absolute Gasteiger partial charge is 0.272 e. The van der Waals surface area contributed by atoms with E-state index in [0.717, 1.165) is 36.9 Å². The Balaban J connectivity index is 1.34. The average molecular weight is 356 g/mol. The molecule has 0 fully saturated rings. The highest BCUT2D eigenvalue weighted by atomic mass is 16.6. The van der Waals surface area contributed by atoms with Gasteiger partial charge in [0.2, 0.25) is 5.91 Å². The van der Waals surface area contributed by atoms with E-state index in [2.05, 4.69) is 20.8 Å². The number of carbonyl (C=O) groups is 2. The molecule has 1 aromatic heterocycles. The van der Waals surface area contributed by atoms with Crippen molar-refractivity contribution in [2.24, 2.45) is 0 Å². The maximum absolute atomic E-state index is 12.3. The van der Waals surface area contributed by atoms with Gasteiger partial charge in [-0.05, 0) is 37.8 Å². The normalized spacial score (nSPS) is 15.1. The molecule has 0 saturated heterocycles. The Morgan fingerprint density at radius 2 is 1.92 bits per heavy atom. The van der Waals surface area contributed by atoms with Crippen molar-refractivity contribution in [3.63, 3.8) is 0 Å². The van der Waals surface area contributed by atoms with Gasteiger partial charge in [0.15, 0.2) is 17.2 Å². The number of carbonyl (C=O) groups excluding carboxylic acids is 2. The monoisotopic (exact) mass is 356 g/mol. The lowest BCUT2D eigenvalue weighted by Crippen LogP contribution is -2.33. The third-order valence-electron chi connectivity index (χ3n) is 4.51. The molecule has 2 amide bonds. The fourth-order valence-electron chi connectivity index (χ4n) is 3.24. The van der Waals surface area contributed by atoms with Gasteiger partial charge in [-0.3, -0.25) is 14.7 Å². The molecule has 0 saturated carbocycles. The number of hydrogen-bond donors (Lipinski definition) is 3. The van der Waals surface area contributed by atoms with E-state index in [4.69, 9.17) is 9.47 Å². The van der Waals surface area contributed by atoms with Crippen LogP contribution >= 0.6 is 0 Å². The Labute approximate surface area is 150 Å².